The third-order valence-electron chi connectivity index (χ3n) is 6.85. The van der Waals surface area contributed by atoms with E-state index in [4.69, 9.17) is 4.74 Å². The Morgan fingerprint density at radius 1 is 1.08 bits per heavy atom. The second-order valence-corrected chi connectivity index (χ2v) is 11.2. The molecule has 218 valence electrons. The van der Waals surface area contributed by atoms with Crippen molar-refractivity contribution in [1.82, 2.24) is 10.2 Å². The number of nitrogens with zero attached hydrogens (tertiary/aromatic N) is 1. The fourth-order valence-corrected chi connectivity index (χ4v) is 4.40. The Labute approximate surface area is 237 Å². The molecule has 2 N–H and O–H groups in total. The number of benzene rings is 1. The number of carbonyl (C=O) groups is 2. The number of aryl methyl sites for hydroxylation is 1. The van der Waals surface area contributed by atoms with Gasteiger partial charge in [0, 0.05) is 19.5 Å². The first-order valence-electron chi connectivity index (χ1n) is 14.3. The third kappa shape index (κ3) is 11.8. The quantitative estimate of drug-likeness (QED) is 0.341. The van der Waals surface area contributed by atoms with E-state index in [9.17, 15) is 14.7 Å². The first-order chi connectivity index (χ1) is 18.4. The van der Waals surface area contributed by atoms with Crippen LogP contribution in [-0.2, 0) is 16.0 Å². The van der Waals surface area contributed by atoms with E-state index in [0.717, 1.165) is 19.3 Å². The van der Waals surface area contributed by atoms with Crippen LogP contribution < -0.4 is 5.32 Å². The van der Waals surface area contributed by atoms with Gasteiger partial charge in [-0.3, -0.25) is 4.79 Å². The molecular formula is C33H52N2O4. The molecular weight excluding hydrogens is 488 g/mol. The summed E-state index contributed by atoms with van der Waals surface area (Å²) in [6.45, 7) is 19.2. The van der Waals surface area contributed by atoms with Gasteiger partial charge in [0.25, 0.3) is 0 Å². The summed E-state index contributed by atoms with van der Waals surface area (Å²) < 4.78 is 5.25. The first kappa shape index (κ1) is 34.2. The Kier molecular flexibility index (Phi) is 14.9. The molecule has 1 fully saturated rings. The Balaban J connectivity index is 0.00000177. The summed E-state index contributed by atoms with van der Waals surface area (Å²) in [5, 5.41) is 12.3. The number of allylic oxidation sites excluding steroid dienone is 5. The van der Waals surface area contributed by atoms with Gasteiger partial charge in [-0.05, 0) is 103 Å². The maximum atomic E-state index is 12.9. The van der Waals surface area contributed by atoms with Gasteiger partial charge in [0.1, 0.15) is 5.60 Å². The van der Waals surface area contributed by atoms with Gasteiger partial charge in [-0.25, -0.2) is 4.79 Å². The molecule has 1 saturated heterocycles. The lowest BCUT2D eigenvalue weighted by atomic mass is 9.84. The summed E-state index contributed by atoms with van der Waals surface area (Å²) in [4.78, 5) is 26.8. The third-order valence-corrected chi connectivity index (χ3v) is 6.85. The van der Waals surface area contributed by atoms with Crippen LogP contribution in [-0.4, -0.2) is 53.3 Å². The van der Waals surface area contributed by atoms with Gasteiger partial charge in [0.15, 0.2) is 0 Å². The van der Waals surface area contributed by atoms with E-state index in [2.05, 4.69) is 57.3 Å². The topological polar surface area (TPSA) is 78.9 Å². The van der Waals surface area contributed by atoms with Crippen LogP contribution in [0.15, 0.2) is 53.1 Å². The fraction of sp³-hybridized carbons (Fsp3) is 0.576. The van der Waals surface area contributed by atoms with Gasteiger partial charge in [0.05, 0.1) is 12.6 Å². The van der Waals surface area contributed by atoms with Crippen LogP contribution in [0.1, 0.15) is 99.1 Å². The van der Waals surface area contributed by atoms with Crippen molar-refractivity contribution in [1.29, 1.82) is 0 Å². The predicted octanol–water partition coefficient (Wildman–Crippen LogP) is 7.23. The van der Waals surface area contributed by atoms with Crippen molar-refractivity contribution in [2.45, 2.75) is 106 Å². The van der Waals surface area contributed by atoms with Gasteiger partial charge in [-0.15, -0.1) is 0 Å². The number of aliphatic hydroxyl groups excluding tert-OH is 1. The smallest absolute Gasteiger partial charge is 0.407 e. The van der Waals surface area contributed by atoms with E-state index in [-0.39, 0.29) is 18.9 Å². The molecule has 0 radical (unpaired) electrons. The molecule has 1 aliphatic rings. The van der Waals surface area contributed by atoms with Crippen molar-refractivity contribution >= 4 is 17.6 Å². The molecule has 0 unspecified atom stereocenters. The molecule has 1 aliphatic heterocycles. The minimum absolute atomic E-state index is 0.0583. The summed E-state index contributed by atoms with van der Waals surface area (Å²) in [7, 11) is 0. The molecule has 39 heavy (non-hydrogen) atoms. The Morgan fingerprint density at radius 2 is 1.67 bits per heavy atom. The van der Waals surface area contributed by atoms with Crippen LogP contribution in [0.2, 0.25) is 0 Å². The number of nitrogens with one attached hydrogen (secondary N) is 1. The van der Waals surface area contributed by atoms with Crippen LogP contribution in [0.25, 0.3) is 5.57 Å². The zero-order valence-electron chi connectivity index (χ0n) is 25.8. The Morgan fingerprint density at radius 3 is 2.15 bits per heavy atom. The van der Waals surface area contributed by atoms with E-state index in [1.807, 2.05) is 30.9 Å². The molecule has 1 aromatic carbocycles. The minimum Gasteiger partial charge on any atom is -0.444 e. The molecule has 0 aromatic heterocycles. The van der Waals surface area contributed by atoms with Crippen LogP contribution in [0.5, 0.6) is 0 Å². The highest BCUT2D eigenvalue weighted by atomic mass is 16.6. The molecule has 1 heterocycles. The molecule has 6 heteroatoms. The first-order valence-corrected chi connectivity index (χ1v) is 14.3. The van der Waals surface area contributed by atoms with E-state index in [1.54, 1.807) is 20.8 Å². The zero-order valence-corrected chi connectivity index (χ0v) is 25.8. The molecule has 2 amide bonds. The number of alkyl carbamates (subject to hydrolysis) is 1. The number of ether oxygens (including phenoxy) is 1. The van der Waals surface area contributed by atoms with Crippen LogP contribution in [0.3, 0.4) is 0 Å². The predicted molar refractivity (Wildman–Crippen MR) is 163 cm³/mol. The summed E-state index contributed by atoms with van der Waals surface area (Å²) in [5.41, 5.74) is 7.43. The van der Waals surface area contributed by atoms with Gasteiger partial charge in [-0.2, -0.15) is 0 Å². The van der Waals surface area contributed by atoms with Crippen molar-refractivity contribution in [3.63, 3.8) is 0 Å². The molecule has 1 atom stereocenters. The van der Waals surface area contributed by atoms with Crippen molar-refractivity contribution < 1.29 is 19.4 Å². The van der Waals surface area contributed by atoms with Gasteiger partial charge in [0.2, 0.25) is 5.91 Å². The summed E-state index contributed by atoms with van der Waals surface area (Å²) in [5.74, 6) is 0.0583. The highest BCUT2D eigenvalue weighted by Gasteiger charge is 2.25. The number of hydrogen-bond acceptors (Lipinski definition) is 4. The van der Waals surface area contributed by atoms with E-state index < -0.39 is 17.7 Å². The average molecular weight is 541 g/mol. The van der Waals surface area contributed by atoms with Gasteiger partial charge in [-0.1, -0.05) is 54.5 Å². The average Bonchev–Trinajstić information content (AvgIpc) is 2.90. The molecule has 0 bridgehead atoms. The zero-order chi connectivity index (χ0) is 29.6. The number of likely N-dealkylation sites (tertiary alicyclic amines) is 1. The molecule has 1 aromatic rings. The normalized spacial score (nSPS) is 14.3. The lowest BCUT2D eigenvalue weighted by Gasteiger charge is -2.31. The largest absolute Gasteiger partial charge is 0.444 e. The second kappa shape index (κ2) is 17.0. The SMILES string of the molecule is C/C=C\C.CCc1ccccc1C(=C1CCN(C(=O)CC[C@H](CO)NC(=O)OC(C)(C)C)CC1)C(C)=C(C)C. The number of carbonyl (C=O) groups excluding carboxylic acids is 2. The van der Waals surface area contributed by atoms with E-state index in [1.165, 1.54) is 33.4 Å². The van der Waals surface area contributed by atoms with Crippen molar-refractivity contribution in [2.24, 2.45) is 0 Å². The molecule has 6 nitrogen and oxygen atoms in total. The number of rotatable bonds is 8. The maximum Gasteiger partial charge on any atom is 0.407 e. The summed E-state index contributed by atoms with van der Waals surface area (Å²) in [6, 6.07) is 8.12. The van der Waals surface area contributed by atoms with Crippen LogP contribution >= 0.6 is 0 Å². The molecule has 0 spiro atoms. The second-order valence-electron chi connectivity index (χ2n) is 11.2. The minimum atomic E-state index is -0.612. The summed E-state index contributed by atoms with van der Waals surface area (Å²) >= 11 is 0. The number of piperidine rings is 1. The van der Waals surface area contributed by atoms with Gasteiger partial charge >= 0.3 is 6.09 Å². The maximum absolute atomic E-state index is 12.9. The fourth-order valence-electron chi connectivity index (χ4n) is 4.40. The highest BCUT2D eigenvalue weighted by Crippen LogP contribution is 2.35. The highest BCUT2D eigenvalue weighted by molar-refractivity contribution is 5.84. The van der Waals surface area contributed by atoms with Crippen LogP contribution in [0.4, 0.5) is 4.79 Å². The summed E-state index contributed by atoms with van der Waals surface area (Å²) in [6.07, 6.45) is 6.76. The Hall–Kier alpha value is -2.86. The standard InChI is InChI=1S/C29H44N2O4.C4H8/c1-8-22-11-9-10-12-25(22)27(21(4)20(2)3)23-15-17-31(18-16-23)26(33)14-13-24(19-32)30-28(34)35-29(5,6)7;1-3-4-2/h9-12,24,32H,8,13-19H2,1-7H3,(H,30,34);3-4H,1-2H3/b;4-3-/t24-;/m1./s1. The molecule has 2 rings (SSSR count). The van der Waals surface area contributed by atoms with E-state index in [0.29, 0.717) is 19.5 Å². The lowest BCUT2D eigenvalue weighted by Crippen LogP contribution is -2.42. The molecule has 0 saturated carbocycles. The van der Waals surface area contributed by atoms with Crippen molar-refractivity contribution in [3.05, 3.63) is 64.3 Å². The number of hydrogen-bond donors (Lipinski definition) is 2. The van der Waals surface area contributed by atoms with Crippen LogP contribution in [0, 0.1) is 0 Å². The number of amides is 2. The van der Waals surface area contributed by atoms with E-state index >= 15 is 0 Å². The number of aliphatic hydroxyl groups is 1. The van der Waals surface area contributed by atoms with Crippen molar-refractivity contribution in [2.75, 3.05) is 19.7 Å². The van der Waals surface area contributed by atoms with Gasteiger partial charge < -0.3 is 20.1 Å². The lowest BCUT2D eigenvalue weighted by molar-refractivity contribution is -0.131. The Bertz CT molecular complexity index is 1010. The van der Waals surface area contributed by atoms with Crippen molar-refractivity contribution in [3.8, 4) is 0 Å². The molecule has 0 aliphatic carbocycles. The monoisotopic (exact) mass is 540 g/mol.